The van der Waals surface area contributed by atoms with Crippen LogP contribution in [0.2, 0.25) is 0 Å². The van der Waals surface area contributed by atoms with Crippen molar-refractivity contribution in [2.45, 2.75) is 60.9 Å². The number of nitrogens with zero attached hydrogens (tertiary/aromatic N) is 2. The van der Waals surface area contributed by atoms with E-state index in [0.717, 1.165) is 49.9 Å². The van der Waals surface area contributed by atoms with Crippen molar-refractivity contribution in [2.75, 3.05) is 13.2 Å². The van der Waals surface area contributed by atoms with E-state index in [1.54, 1.807) is 0 Å². The van der Waals surface area contributed by atoms with Gasteiger partial charge in [0, 0.05) is 12.8 Å². The molecular formula is C25H26N2O10S2. The molecule has 2 unspecified atom stereocenters. The molecule has 0 spiro atoms. The summed E-state index contributed by atoms with van der Waals surface area (Å²) in [5.41, 5.74) is 8.70. The van der Waals surface area contributed by atoms with Crippen LogP contribution in [0.4, 0.5) is 0 Å². The Hall–Kier alpha value is -3.42. The van der Waals surface area contributed by atoms with Crippen molar-refractivity contribution < 1.29 is 50.2 Å². The lowest BCUT2D eigenvalue weighted by Crippen LogP contribution is -2.31. The molecule has 12 nitrogen and oxygen atoms in total. The average molecular weight is 579 g/mol. The third-order valence-electron chi connectivity index (χ3n) is 6.09. The van der Waals surface area contributed by atoms with Gasteiger partial charge in [-0.1, -0.05) is 24.3 Å². The molecule has 14 heteroatoms. The van der Waals surface area contributed by atoms with Gasteiger partial charge in [-0.25, -0.2) is 26.4 Å². The molecule has 2 aromatic carbocycles. The van der Waals surface area contributed by atoms with Crippen molar-refractivity contribution in [3.05, 3.63) is 65.2 Å². The number of carbonyl (C=O) groups is 2. The molecule has 2 aliphatic heterocycles. The minimum Gasteiger partial charge on any atom is -0.432 e. The number of hydrogen-bond donors (Lipinski definition) is 0. The van der Waals surface area contributed by atoms with Gasteiger partial charge in [0.1, 0.15) is 0 Å². The largest absolute Gasteiger partial charge is 0.504 e. The highest BCUT2D eigenvalue weighted by Crippen LogP contribution is 2.27. The first-order valence-corrected chi connectivity index (χ1v) is 15.2. The van der Waals surface area contributed by atoms with Crippen LogP contribution in [0.5, 0.6) is 0 Å². The molecule has 4 rings (SSSR count). The molecule has 2 heterocycles. The summed E-state index contributed by atoms with van der Waals surface area (Å²) in [5, 5.41) is 0. The maximum Gasteiger partial charge on any atom is 0.504 e. The summed E-state index contributed by atoms with van der Waals surface area (Å²) in [7, 11) is -10.3. The summed E-state index contributed by atoms with van der Waals surface area (Å²) in [6.45, 7) is 0.734. The summed E-state index contributed by atoms with van der Waals surface area (Å²) in [6.07, 6.45) is 2.11. The lowest BCUT2D eigenvalue weighted by molar-refractivity contribution is -0.131. The number of hydrogen-bond acceptors (Lipinski definition) is 10. The van der Waals surface area contributed by atoms with Gasteiger partial charge in [-0.3, -0.25) is 0 Å². The van der Waals surface area contributed by atoms with E-state index in [2.05, 4.69) is 4.79 Å². The van der Waals surface area contributed by atoms with Gasteiger partial charge >= 0.3 is 16.3 Å². The number of rotatable bonds is 6. The number of ether oxygens (including phenoxy) is 4. The zero-order valence-corrected chi connectivity index (χ0v) is 22.4. The number of carbonyl (C=O) groups excluding carboxylic acids is 2. The van der Waals surface area contributed by atoms with E-state index in [4.69, 9.17) is 18.9 Å². The van der Waals surface area contributed by atoms with Crippen LogP contribution < -0.4 is 0 Å². The minimum absolute atomic E-state index is 0.367. The molecule has 0 aromatic heterocycles. The standard InChI is InChI=1S/C25H26N2O10S2/c26-27-25(38(30,31)19-11-3-1-9-17(19)23(28)36-21-13-5-7-15-34-21)39(32,33)20-12-4-2-10-18(20)24(29)37-22-14-6-8-16-35-22/h1-4,9-12,21-22H,5-8,13-16H2. The zero-order chi connectivity index (χ0) is 28.0. The van der Waals surface area contributed by atoms with E-state index in [0.29, 0.717) is 26.1 Å². The molecule has 0 bridgehead atoms. The fourth-order valence-corrected chi connectivity index (χ4v) is 7.84. The summed E-state index contributed by atoms with van der Waals surface area (Å²) >= 11 is 0. The second-order valence-corrected chi connectivity index (χ2v) is 12.7. The van der Waals surface area contributed by atoms with Gasteiger partial charge in [-0.2, -0.15) is 0 Å². The number of benzene rings is 2. The van der Waals surface area contributed by atoms with E-state index in [9.17, 15) is 32.0 Å². The van der Waals surface area contributed by atoms with E-state index in [1.165, 1.54) is 24.3 Å². The van der Waals surface area contributed by atoms with Crippen molar-refractivity contribution >= 4 is 36.0 Å². The van der Waals surface area contributed by atoms with E-state index in [1.807, 2.05) is 0 Å². The van der Waals surface area contributed by atoms with Gasteiger partial charge in [0.05, 0.1) is 34.1 Å². The molecule has 39 heavy (non-hydrogen) atoms. The Labute approximate surface area is 225 Å². The highest BCUT2D eigenvalue weighted by atomic mass is 32.3. The van der Waals surface area contributed by atoms with E-state index >= 15 is 0 Å². The highest BCUT2D eigenvalue weighted by Gasteiger charge is 2.47. The van der Waals surface area contributed by atoms with Crippen LogP contribution in [0.3, 0.4) is 0 Å². The first-order chi connectivity index (χ1) is 18.7. The number of sulfone groups is 2. The second-order valence-electron chi connectivity index (χ2n) is 8.77. The molecular weight excluding hydrogens is 552 g/mol. The Morgan fingerprint density at radius 1 is 0.718 bits per heavy atom. The van der Waals surface area contributed by atoms with Gasteiger partial charge in [0.15, 0.2) is 0 Å². The van der Waals surface area contributed by atoms with Crippen molar-refractivity contribution in [3.63, 3.8) is 0 Å². The topological polar surface area (TPSA) is 176 Å². The van der Waals surface area contributed by atoms with Crippen LogP contribution in [-0.4, -0.2) is 63.7 Å². The fraction of sp³-hybridized carbons (Fsp3) is 0.400. The minimum atomic E-state index is -5.15. The number of esters is 2. The Morgan fingerprint density at radius 3 is 1.49 bits per heavy atom. The summed E-state index contributed by atoms with van der Waals surface area (Å²) in [5.74, 6) is -2.13. The quantitative estimate of drug-likeness (QED) is 0.163. The summed E-state index contributed by atoms with van der Waals surface area (Å²) < 4.78 is 73.8. The summed E-state index contributed by atoms with van der Waals surface area (Å²) in [6, 6.07) is 9.48. The monoisotopic (exact) mass is 578 g/mol. The smallest absolute Gasteiger partial charge is 0.432 e. The molecule has 2 fully saturated rings. The van der Waals surface area contributed by atoms with Crippen LogP contribution in [-0.2, 0) is 38.6 Å². The molecule has 0 aliphatic carbocycles. The molecule has 0 radical (unpaired) electrons. The van der Waals surface area contributed by atoms with Crippen molar-refractivity contribution in [3.8, 4) is 0 Å². The average Bonchev–Trinajstić information content (AvgIpc) is 2.94. The van der Waals surface area contributed by atoms with E-state index in [-0.39, 0.29) is 0 Å². The van der Waals surface area contributed by atoms with Crippen molar-refractivity contribution in [1.29, 1.82) is 0 Å². The Balaban J connectivity index is 1.68. The third kappa shape index (κ3) is 6.26. The van der Waals surface area contributed by atoms with Crippen LogP contribution >= 0.6 is 0 Å². The van der Waals surface area contributed by atoms with Crippen molar-refractivity contribution in [2.24, 2.45) is 0 Å². The SMILES string of the molecule is [N-]=[N+]=C(S(=O)(=O)c1ccccc1C(=O)OC1CCCCO1)S(=O)(=O)c1ccccc1C(=O)OC1CCCCO1. The summed E-state index contributed by atoms with van der Waals surface area (Å²) in [4.78, 5) is 26.8. The van der Waals surface area contributed by atoms with Crippen molar-refractivity contribution in [1.82, 2.24) is 0 Å². The maximum atomic E-state index is 13.6. The molecule has 208 valence electrons. The molecule has 2 aromatic rings. The molecule has 0 amide bonds. The first kappa shape index (κ1) is 28.6. The van der Waals surface area contributed by atoms with Crippen LogP contribution in [0.1, 0.15) is 59.2 Å². The zero-order valence-electron chi connectivity index (χ0n) is 20.7. The van der Waals surface area contributed by atoms with Gasteiger partial charge in [0.2, 0.25) is 12.6 Å². The first-order valence-electron chi connectivity index (χ1n) is 12.2. The fourth-order valence-electron chi connectivity index (χ4n) is 4.15. The molecule has 2 atom stereocenters. The van der Waals surface area contributed by atoms with Crippen LogP contribution in [0.25, 0.3) is 5.53 Å². The molecule has 2 saturated heterocycles. The molecule has 0 saturated carbocycles. The lowest BCUT2D eigenvalue weighted by atomic mass is 10.2. The third-order valence-corrected chi connectivity index (χ3v) is 10.4. The van der Waals surface area contributed by atoms with Gasteiger partial charge in [-0.15, -0.1) is 4.79 Å². The van der Waals surface area contributed by atoms with E-state index < -0.39 is 69.5 Å². The Bertz CT molecular complexity index is 1400. The van der Waals surface area contributed by atoms with Gasteiger partial charge in [-0.05, 0) is 49.9 Å². The van der Waals surface area contributed by atoms with Crippen LogP contribution in [0.15, 0.2) is 58.3 Å². The van der Waals surface area contributed by atoms with Gasteiger partial charge < -0.3 is 24.5 Å². The Morgan fingerprint density at radius 2 is 1.13 bits per heavy atom. The molecule has 2 aliphatic rings. The maximum absolute atomic E-state index is 13.6. The second kappa shape index (κ2) is 12.2. The van der Waals surface area contributed by atoms with Crippen LogP contribution in [0, 0.1) is 0 Å². The normalized spacial score (nSPS) is 19.9. The predicted octanol–water partition coefficient (Wildman–Crippen LogP) is 2.89. The molecule has 0 N–H and O–H groups in total. The lowest BCUT2D eigenvalue weighted by Gasteiger charge is -2.22. The Kier molecular flexibility index (Phi) is 8.93. The van der Waals surface area contributed by atoms with Gasteiger partial charge in [0.25, 0.3) is 19.7 Å². The predicted molar refractivity (Wildman–Crippen MR) is 134 cm³/mol. The highest BCUT2D eigenvalue weighted by molar-refractivity contribution is 8.31.